The van der Waals surface area contributed by atoms with Crippen molar-refractivity contribution in [3.05, 3.63) is 82.4 Å². The average Bonchev–Trinajstić information content (AvgIpc) is 2.49. The van der Waals surface area contributed by atoms with Gasteiger partial charge in [0.25, 0.3) is 0 Å². The van der Waals surface area contributed by atoms with Crippen LogP contribution in [0.1, 0.15) is 0 Å². The molecule has 0 N–H and O–H groups in total. The second-order valence-corrected chi connectivity index (χ2v) is 5.56. The minimum atomic E-state index is 0.853. The smallest absolute Gasteiger partial charge is 0.136 e. The van der Waals surface area contributed by atoms with Crippen LogP contribution in [0.4, 0.5) is 0 Å². The molecule has 20 heavy (non-hydrogen) atoms. The predicted molar refractivity (Wildman–Crippen MR) is 91.1 cm³/mol. The lowest BCUT2D eigenvalue weighted by molar-refractivity contribution is 0.484. The molecule has 0 saturated heterocycles. The molecule has 0 bridgehead atoms. The largest absolute Gasteiger partial charge is 0.457 e. The van der Waals surface area contributed by atoms with Crippen LogP contribution >= 0.6 is 22.6 Å². The van der Waals surface area contributed by atoms with E-state index in [1.807, 2.05) is 60.7 Å². The van der Waals surface area contributed by atoms with Gasteiger partial charge in [-0.25, -0.2) is 0 Å². The fraction of sp³-hybridized carbons (Fsp3) is 0. The molecule has 0 fully saturated rings. The molecule has 0 amide bonds. The van der Waals surface area contributed by atoms with Gasteiger partial charge in [0, 0.05) is 9.13 Å². The van der Waals surface area contributed by atoms with E-state index in [4.69, 9.17) is 4.74 Å². The number of rotatable bonds is 3. The van der Waals surface area contributed by atoms with Crippen LogP contribution in [0.2, 0.25) is 0 Å². The van der Waals surface area contributed by atoms with Crippen molar-refractivity contribution >= 4 is 22.6 Å². The maximum absolute atomic E-state index is 6.04. The van der Waals surface area contributed by atoms with Crippen LogP contribution in [0.15, 0.2) is 78.9 Å². The van der Waals surface area contributed by atoms with Crippen LogP contribution in [0, 0.1) is 3.57 Å². The summed E-state index contributed by atoms with van der Waals surface area (Å²) < 4.78 is 7.22. The summed E-state index contributed by atoms with van der Waals surface area (Å²) in [6, 6.07) is 26.3. The first-order valence-corrected chi connectivity index (χ1v) is 7.49. The molecule has 3 aromatic carbocycles. The lowest BCUT2D eigenvalue weighted by atomic mass is 10.0. The molecular formula is C18H13IO. The fourth-order valence-corrected chi connectivity index (χ4v) is 2.87. The maximum atomic E-state index is 6.04. The Hall–Kier alpha value is -1.81. The van der Waals surface area contributed by atoms with Gasteiger partial charge in [0.15, 0.2) is 0 Å². The van der Waals surface area contributed by atoms with E-state index in [0.717, 1.165) is 17.1 Å². The van der Waals surface area contributed by atoms with E-state index >= 15 is 0 Å². The maximum Gasteiger partial charge on any atom is 0.136 e. The molecule has 0 spiro atoms. The zero-order chi connectivity index (χ0) is 13.8. The van der Waals surface area contributed by atoms with Gasteiger partial charge < -0.3 is 4.74 Å². The first-order valence-electron chi connectivity index (χ1n) is 6.41. The zero-order valence-electron chi connectivity index (χ0n) is 10.8. The lowest BCUT2D eigenvalue weighted by Gasteiger charge is -2.13. The van der Waals surface area contributed by atoms with E-state index in [-0.39, 0.29) is 0 Å². The number of ether oxygens (including phenoxy) is 1. The third kappa shape index (κ3) is 2.85. The van der Waals surface area contributed by atoms with Crippen molar-refractivity contribution in [3.63, 3.8) is 0 Å². The topological polar surface area (TPSA) is 9.23 Å². The van der Waals surface area contributed by atoms with Gasteiger partial charge in [0.1, 0.15) is 11.5 Å². The Morgan fingerprint density at radius 1 is 0.650 bits per heavy atom. The van der Waals surface area contributed by atoms with Gasteiger partial charge in [-0.15, -0.1) is 0 Å². The third-order valence-corrected chi connectivity index (χ3v) is 3.91. The molecular weight excluding hydrogens is 359 g/mol. The molecule has 1 nitrogen and oxygen atoms in total. The van der Waals surface area contributed by atoms with Crippen LogP contribution in [0.5, 0.6) is 11.5 Å². The van der Waals surface area contributed by atoms with Crippen molar-refractivity contribution in [1.29, 1.82) is 0 Å². The minimum Gasteiger partial charge on any atom is -0.457 e. The van der Waals surface area contributed by atoms with Crippen LogP contribution < -0.4 is 4.74 Å². The van der Waals surface area contributed by atoms with Crippen molar-refractivity contribution < 1.29 is 4.74 Å². The molecule has 0 aliphatic rings. The van der Waals surface area contributed by atoms with Crippen molar-refractivity contribution in [3.8, 4) is 22.6 Å². The SMILES string of the molecule is Ic1cccc(Oc2ccccc2)c1-c1ccccc1. The van der Waals surface area contributed by atoms with Gasteiger partial charge in [0.05, 0.1) is 0 Å². The van der Waals surface area contributed by atoms with Crippen molar-refractivity contribution in [2.24, 2.45) is 0 Å². The second kappa shape index (κ2) is 6.09. The molecule has 0 saturated carbocycles. The molecule has 0 unspecified atom stereocenters. The number of hydrogen-bond acceptors (Lipinski definition) is 1. The molecule has 0 aliphatic heterocycles. The highest BCUT2D eigenvalue weighted by Crippen LogP contribution is 2.36. The van der Waals surface area contributed by atoms with E-state index in [2.05, 4.69) is 40.8 Å². The minimum absolute atomic E-state index is 0.853. The van der Waals surface area contributed by atoms with Gasteiger partial charge >= 0.3 is 0 Å². The molecule has 0 aromatic heterocycles. The summed E-state index contributed by atoms with van der Waals surface area (Å²) in [6.07, 6.45) is 0. The van der Waals surface area contributed by atoms with Crippen LogP contribution in [-0.2, 0) is 0 Å². The molecule has 98 valence electrons. The van der Waals surface area contributed by atoms with Gasteiger partial charge in [-0.2, -0.15) is 0 Å². The van der Waals surface area contributed by atoms with Gasteiger partial charge in [-0.3, -0.25) is 0 Å². The van der Waals surface area contributed by atoms with Crippen molar-refractivity contribution in [1.82, 2.24) is 0 Å². The zero-order valence-corrected chi connectivity index (χ0v) is 12.9. The number of benzene rings is 3. The molecule has 3 aromatic rings. The fourth-order valence-electron chi connectivity index (χ4n) is 2.09. The quantitative estimate of drug-likeness (QED) is 0.532. The Balaban J connectivity index is 2.06. The third-order valence-electron chi connectivity index (χ3n) is 3.01. The molecule has 0 aliphatic carbocycles. The summed E-state index contributed by atoms with van der Waals surface area (Å²) in [7, 11) is 0. The van der Waals surface area contributed by atoms with E-state index in [0.29, 0.717) is 0 Å². The highest BCUT2D eigenvalue weighted by atomic mass is 127. The molecule has 2 heteroatoms. The first-order chi connectivity index (χ1) is 9.84. The summed E-state index contributed by atoms with van der Waals surface area (Å²) in [4.78, 5) is 0. The monoisotopic (exact) mass is 372 g/mol. The molecule has 0 radical (unpaired) electrons. The van der Waals surface area contributed by atoms with Crippen LogP contribution in [-0.4, -0.2) is 0 Å². The van der Waals surface area contributed by atoms with Gasteiger partial charge in [0.2, 0.25) is 0 Å². The molecule has 3 rings (SSSR count). The average molecular weight is 372 g/mol. The summed E-state index contributed by atoms with van der Waals surface area (Å²) in [6.45, 7) is 0. The van der Waals surface area contributed by atoms with Crippen molar-refractivity contribution in [2.75, 3.05) is 0 Å². The van der Waals surface area contributed by atoms with Crippen LogP contribution in [0.25, 0.3) is 11.1 Å². The highest BCUT2D eigenvalue weighted by molar-refractivity contribution is 14.1. The Kier molecular flexibility index (Phi) is 4.02. The number of hydrogen-bond donors (Lipinski definition) is 0. The van der Waals surface area contributed by atoms with E-state index in [9.17, 15) is 0 Å². The lowest BCUT2D eigenvalue weighted by Crippen LogP contribution is -1.90. The number of para-hydroxylation sites is 1. The summed E-state index contributed by atoms with van der Waals surface area (Å²) in [5.41, 5.74) is 2.31. The first kappa shape index (κ1) is 13.2. The normalized spacial score (nSPS) is 10.2. The highest BCUT2D eigenvalue weighted by Gasteiger charge is 2.10. The van der Waals surface area contributed by atoms with E-state index < -0.39 is 0 Å². The summed E-state index contributed by atoms with van der Waals surface area (Å²) in [5, 5.41) is 0. The number of halogens is 1. The second-order valence-electron chi connectivity index (χ2n) is 4.39. The van der Waals surface area contributed by atoms with Crippen molar-refractivity contribution in [2.45, 2.75) is 0 Å². The Bertz CT molecular complexity index is 693. The molecule has 0 atom stereocenters. The Labute approximate surface area is 132 Å². The molecule has 0 heterocycles. The van der Waals surface area contributed by atoms with Crippen LogP contribution in [0.3, 0.4) is 0 Å². The predicted octanol–water partition coefficient (Wildman–Crippen LogP) is 5.75. The van der Waals surface area contributed by atoms with Gasteiger partial charge in [-0.05, 0) is 52.4 Å². The summed E-state index contributed by atoms with van der Waals surface area (Å²) in [5.74, 6) is 1.74. The standard InChI is InChI=1S/C18H13IO/c19-16-12-7-13-17(20-15-10-5-2-6-11-15)18(16)14-8-3-1-4-9-14/h1-13H. The Morgan fingerprint density at radius 2 is 1.30 bits per heavy atom. The Morgan fingerprint density at radius 3 is 2.00 bits per heavy atom. The van der Waals surface area contributed by atoms with E-state index in [1.54, 1.807) is 0 Å². The van der Waals surface area contributed by atoms with Gasteiger partial charge in [-0.1, -0.05) is 54.6 Å². The summed E-state index contributed by atoms with van der Waals surface area (Å²) >= 11 is 2.35. The van der Waals surface area contributed by atoms with E-state index in [1.165, 1.54) is 9.13 Å².